The summed E-state index contributed by atoms with van der Waals surface area (Å²) < 4.78 is 0. The number of hydrogen-bond donors (Lipinski definition) is 1. The summed E-state index contributed by atoms with van der Waals surface area (Å²) in [5.41, 5.74) is 2.73. The van der Waals surface area contributed by atoms with Crippen LogP contribution in [0.25, 0.3) is 0 Å². The van der Waals surface area contributed by atoms with E-state index in [0.29, 0.717) is 11.5 Å². The Labute approximate surface area is 83.6 Å². The van der Waals surface area contributed by atoms with Gasteiger partial charge in [0, 0.05) is 0 Å². The number of benzene rings is 1. The fraction of sp³-hybridized carbons (Fsp3) is 0.417. The fourth-order valence-electron chi connectivity index (χ4n) is 1.79. The minimum atomic E-state index is -0.816. The third-order valence-electron chi connectivity index (χ3n) is 2.79. The lowest BCUT2D eigenvalue weighted by Crippen LogP contribution is -2.02. The molecule has 74 valence electrons. The molecule has 0 amide bonds. The Bertz CT molecular complexity index is 365. The van der Waals surface area contributed by atoms with E-state index in [2.05, 4.69) is 6.07 Å². The lowest BCUT2D eigenvalue weighted by molar-refractivity contribution is 0.0695. The van der Waals surface area contributed by atoms with E-state index in [-0.39, 0.29) is 0 Å². The van der Waals surface area contributed by atoms with Crippen LogP contribution in [0.15, 0.2) is 18.2 Å². The van der Waals surface area contributed by atoms with Gasteiger partial charge in [-0.1, -0.05) is 19.1 Å². The standard InChI is InChI=1S/C12H14O2/c1-2-8-7-10(9-3-4-9)5-6-11(8)12(13)14/h5-7,9H,2-4H2,1H3,(H,13,14). The zero-order chi connectivity index (χ0) is 10.1. The molecular weight excluding hydrogens is 176 g/mol. The summed E-state index contributed by atoms with van der Waals surface area (Å²) in [7, 11) is 0. The summed E-state index contributed by atoms with van der Waals surface area (Å²) in [5.74, 6) is -0.118. The first-order valence-electron chi connectivity index (χ1n) is 5.08. The predicted molar refractivity (Wildman–Crippen MR) is 54.8 cm³/mol. The zero-order valence-electron chi connectivity index (χ0n) is 8.29. The van der Waals surface area contributed by atoms with Crippen LogP contribution in [0, 0.1) is 0 Å². The Kier molecular flexibility index (Phi) is 2.28. The molecule has 2 nitrogen and oxygen atoms in total. The molecule has 1 N–H and O–H groups in total. The quantitative estimate of drug-likeness (QED) is 0.795. The van der Waals surface area contributed by atoms with Crippen molar-refractivity contribution in [3.05, 3.63) is 34.9 Å². The second kappa shape index (κ2) is 3.45. The van der Waals surface area contributed by atoms with E-state index in [9.17, 15) is 4.79 Å². The van der Waals surface area contributed by atoms with E-state index < -0.39 is 5.97 Å². The third-order valence-corrected chi connectivity index (χ3v) is 2.79. The van der Waals surface area contributed by atoms with Crippen LogP contribution in [-0.2, 0) is 6.42 Å². The average Bonchev–Trinajstić information content (AvgIpc) is 3.00. The molecule has 1 saturated carbocycles. The molecule has 1 aromatic rings. The van der Waals surface area contributed by atoms with E-state index >= 15 is 0 Å². The highest BCUT2D eigenvalue weighted by Crippen LogP contribution is 2.40. The Balaban J connectivity index is 2.38. The summed E-state index contributed by atoms with van der Waals surface area (Å²) in [6.45, 7) is 2.00. The minimum Gasteiger partial charge on any atom is -0.478 e. The smallest absolute Gasteiger partial charge is 0.335 e. The van der Waals surface area contributed by atoms with Crippen LogP contribution < -0.4 is 0 Å². The molecule has 0 saturated heterocycles. The highest BCUT2D eigenvalue weighted by molar-refractivity contribution is 5.89. The Morgan fingerprint density at radius 1 is 1.50 bits per heavy atom. The molecule has 1 aromatic carbocycles. The summed E-state index contributed by atoms with van der Waals surface area (Å²) in [5, 5.41) is 8.94. The Morgan fingerprint density at radius 2 is 2.21 bits per heavy atom. The van der Waals surface area contributed by atoms with Gasteiger partial charge in [0.2, 0.25) is 0 Å². The Hall–Kier alpha value is -1.31. The zero-order valence-corrected chi connectivity index (χ0v) is 8.29. The molecule has 0 bridgehead atoms. The lowest BCUT2D eigenvalue weighted by Gasteiger charge is -2.06. The largest absolute Gasteiger partial charge is 0.478 e. The molecule has 0 radical (unpaired) electrons. The van der Waals surface area contributed by atoms with Crippen LogP contribution >= 0.6 is 0 Å². The SMILES string of the molecule is CCc1cc(C2CC2)ccc1C(=O)O. The van der Waals surface area contributed by atoms with Gasteiger partial charge in [0.15, 0.2) is 0 Å². The number of aryl methyl sites for hydroxylation is 1. The molecule has 0 atom stereocenters. The number of carbonyl (C=O) groups is 1. The minimum absolute atomic E-state index is 0.455. The molecule has 1 fully saturated rings. The van der Waals surface area contributed by atoms with Crippen molar-refractivity contribution in [1.82, 2.24) is 0 Å². The maximum atomic E-state index is 10.9. The molecule has 0 unspecified atom stereocenters. The summed E-state index contributed by atoms with van der Waals surface area (Å²) in [6.07, 6.45) is 3.31. The molecular formula is C12H14O2. The topological polar surface area (TPSA) is 37.3 Å². The van der Waals surface area contributed by atoms with Crippen molar-refractivity contribution in [2.75, 3.05) is 0 Å². The van der Waals surface area contributed by atoms with Gasteiger partial charge in [0.25, 0.3) is 0 Å². The summed E-state index contributed by atoms with van der Waals surface area (Å²) >= 11 is 0. The molecule has 14 heavy (non-hydrogen) atoms. The maximum Gasteiger partial charge on any atom is 0.335 e. The molecule has 0 spiro atoms. The first-order chi connectivity index (χ1) is 6.72. The van der Waals surface area contributed by atoms with E-state index in [1.165, 1.54) is 18.4 Å². The molecule has 2 heteroatoms. The van der Waals surface area contributed by atoms with Crippen molar-refractivity contribution in [1.29, 1.82) is 0 Å². The second-order valence-electron chi connectivity index (χ2n) is 3.85. The number of aromatic carboxylic acids is 1. The van der Waals surface area contributed by atoms with Crippen molar-refractivity contribution >= 4 is 5.97 Å². The van der Waals surface area contributed by atoms with Crippen LogP contribution in [0.4, 0.5) is 0 Å². The van der Waals surface area contributed by atoms with Crippen LogP contribution in [0.3, 0.4) is 0 Å². The van der Waals surface area contributed by atoms with E-state index in [1.54, 1.807) is 6.07 Å². The predicted octanol–water partition coefficient (Wildman–Crippen LogP) is 2.82. The highest BCUT2D eigenvalue weighted by atomic mass is 16.4. The van der Waals surface area contributed by atoms with Gasteiger partial charge in [-0.3, -0.25) is 0 Å². The third kappa shape index (κ3) is 1.65. The van der Waals surface area contributed by atoms with Crippen molar-refractivity contribution in [2.45, 2.75) is 32.1 Å². The molecule has 0 aromatic heterocycles. The van der Waals surface area contributed by atoms with Gasteiger partial charge in [0.05, 0.1) is 5.56 Å². The van der Waals surface area contributed by atoms with Gasteiger partial charge in [-0.25, -0.2) is 4.79 Å². The van der Waals surface area contributed by atoms with Crippen molar-refractivity contribution in [3.63, 3.8) is 0 Å². The lowest BCUT2D eigenvalue weighted by atomic mass is 10.00. The van der Waals surface area contributed by atoms with E-state index in [0.717, 1.165) is 12.0 Å². The maximum absolute atomic E-state index is 10.9. The van der Waals surface area contributed by atoms with Crippen LogP contribution in [-0.4, -0.2) is 11.1 Å². The first kappa shape index (κ1) is 9.25. The number of carboxylic acid groups (broad SMARTS) is 1. The monoisotopic (exact) mass is 190 g/mol. The van der Waals surface area contributed by atoms with Crippen molar-refractivity contribution in [3.8, 4) is 0 Å². The van der Waals surface area contributed by atoms with Gasteiger partial charge in [-0.05, 0) is 42.4 Å². The van der Waals surface area contributed by atoms with Crippen LogP contribution in [0.2, 0.25) is 0 Å². The number of hydrogen-bond acceptors (Lipinski definition) is 1. The fourth-order valence-corrected chi connectivity index (χ4v) is 1.79. The average molecular weight is 190 g/mol. The molecule has 0 heterocycles. The van der Waals surface area contributed by atoms with E-state index in [1.807, 2.05) is 13.0 Å². The van der Waals surface area contributed by atoms with Crippen LogP contribution in [0.1, 0.15) is 47.2 Å². The first-order valence-corrected chi connectivity index (χ1v) is 5.08. The second-order valence-corrected chi connectivity index (χ2v) is 3.85. The summed E-state index contributed by atoms with van der Waals surface area (Å²) in [4.78, 5) is 10.9. The van der Waals surface area contributed by atoms with Gasteiger partial charge >= 0.3 is 5.97 Å². The highest BCUT2D eigenvalue weighted by Gasteiger charge is 2.24. The van der Waals surface area contributed by atoms with Crippen molar-refractivity contribution in [2.24, 2.45) is 0 Å². The molecule has 1 aliphatic carbocycles. The normalized spacial score (nSPS) is 15.5. The molecule has 2 rings (SSSR count). The number of carboxylic acids is 1. The number of rotatable bonds is 3. The van der Waals surface area contributed by atoms with Crippen LogP contribution in [0.5, 0.6) is 0 Å². The molecule has 1 aliphatic rings. The van der Waals surface area contributed by atoms with Gasteiger partial charge in [-0.15, -0.1) is 0 Å². The van der Waals surface area contributed by atoms with E-state index in [4.69, 9.17) is 5.11 Å². The van der Waals surface area contributed by atoms with Gasteiger partial charge in [0.1, 0.15) is 0 Å². The van der Waals surface area contributed by atoms with Gasteiger partial charge in [-0.2, -0.15) is 0 Å². The Morgan fingerprint density at radius 3 is 2.71 bits per heavy atom. The van der Waals surface area contributed by atoms with Gasteiger partial charge < -0.3 is 5.11 Å². The molecule has 0 aliphatic heterocycles. The van der Waals surface area contributed by atoms with Crippen molar-refractivity contribution < 1.29 is 9.90 Å². The summed E-state index contributed by atoms with van der Waals surface area (Å²) in [6, 6.07) is 5.76.